The molecule has 0 saturated carbocycles. The van der Waals surface area contributed by atoms with E-state index in [1.54, 1.807) is 6.92 Å². The topological polar surface area (TPSA) is 90.2 Å². The van der Waals surface area contributed by atoms with E-state index in [0.29, 0.717) is 11.3 Å². The molecule has 0 rings (SSSR count). The highest BCUT2D eigenvalue weighted by atomic mass is 16.6. The van der Waals surface area contributed by atoms with Crippen LogP contribution in [0.5, 0.6) is 0 Å². The average Bonchev–Trinajstić information content (AvgIpc) is 2.16. The minimum Gasteiger partial charge on any atom is -0.444 e. The Bertz CT molecular complexity index is 144. The van der Waals surface area contributed by atoms with Crippen LogP contribution in [0.25, 0.3) is 0 Å². The molecule has 0 heterocycles. The molecule has 3 N–H and O–H groups in total. The molecular weight excluding hydrogens is 178 g/mol. The number of aliphatic hydroxyl groups excluding tert-OH is 3. The van der Waals surface area contributed by atoms with Gasteiger partial charge in [-0.05, 0) is 6.42 Å². The molecule has 6 heteroatoms. The number of ether oxygens (including phenoxy) is 1. The Hall–Kier alpha value is -0.850. The molecule has 1 unspecified atom stereocenters. The molecular formula is C7H15NO5. The van der Waals surface area contributed by atoms with Gasteiger partial charge in [-0.1, -0.05) is 6.92 Å². The molecule has 0 bridgehead atoms. The quantitative estimate of drug-likeness (QED) is 0.492. The first-order valence-electron chi connectivity index (χ1n) is 3.97. The highest BCUT2D eigenvalue weighted by Crippen LogP contribution is 2.00. The predicted octanol–water partition coefficient (Wildman–Crippen LogP) is -0.905. The first kappa shape index (κ1) is 12.2. The van der Waals surface area contributed by atoms with E-state index in [1.807, 2.05) is 0 Å². The smallest absolute Gasteiger partial charge is 0.413 e. The normalized spacial score (nSPS) is 12.3. The van der Waals surface area contributed by atoms with Crippen molar-refractivity contribution in [2.45, 2.75) is 19.4 Å². The van der Waals surface area contributed by atoms with Crippen LogP contribution in [0.1, 0.15) is 13.3 Å². The van der Waals surface area contributed by atoms with Crippen LogP contribution in [0.2, 0.25) is 0 Å². The van der Waals surface area contributed by atoms with Crippen molar-refractivity contribution in [2.75, 3.05) is 20.1 Å². The number of carbonyl (C=O) groups excluding carboxylic acids is 1. The Balaban J connectivity index is 3.95. The molecule has 0 aromatic carbocycles. The summed E-state index contributed by atoms with van der Waals surface area (Å²) in [6.45, 7) is 0.248. The van der Waals surface area contributed by atoms with E-state index in [-0.39, 0.29) is 6.61 Å². The summed E-state index contributed by atoms with van der Waals surface area (Å²) in [5.41, 5.74) is 0. The summed E-state index contributed by atoms with van der Waals surface area (Å²) >= 11 is 0. The van der Waals surface area contributed by atoms with Crippen molar-refractivity contribution in [3.63, 3.8) is 0 Å². The lowest BCUT2D eigenvalue weighted by Crippen LogP contribution is -2.36. The third kappa shape index (κ3) is 4.07. The van der Waals surface area contributed by atoms with Crippen LogP contribution < -0.4 is 0 Å². The lowest BCUT2D eigenvalue weighted by molar-refractivity contribution is -0.0119. The number of hydrogen-bond donors (Lipinski definition) is 3. The van der Waals surface area contributed by atoms with Gasteiger partial charge in [0.1, 0.15) is 19.6 Å². The van der Waals surface area contributed by atoms with Crippen molar-refractivity contribution >= 4 is 6.09 Å². The predicted molar refractivity (Wildman–Crippen MR) is 43.7 cm³/mol. The molecule has 0 aliphatic heterocycles. The monoisotopic (exact) mass is 193 g/mol. The maximum Gasteiger partial charge on any atom is 0.413 e. The van der Waals surface area contributed by atoms with E-state index in [9.17, 15) is 4.79 Å². The number of nitrogens with zero attached hydrogens (tertiary/aromatic N) is 1. The maximum atomic E-state index is 11.0. The summed E-state index contributed by atoms with van der Waals surface area (Å²) < 4.78 is 4.71. The van der Waals surface area contributed by atoms with Gasteiger partial charge in [-0.25, -0.2) is 4.79 Å². The standard InChI is InChI=1S/C7H15NO5/c1-2-6(3-9)13-7(12)8(4-10)5-11/h6,9-11H,2-5H2,1H3. The molecule has 1 amide bonds. The van der Waals surface area contributed by atoms with Crippen LogP contribution >= 0.6 is 0 Å². The van der Waals surface area contributed by atoms with E-state index < -0.39 is 25.7 Å². The number of rotatable bonds is 5. The molecule has 0 fully saturated rings. The van der Waals surface area contributed by atoms with Crippen LogP contribution in [0.4, 0.5) is 4.79 Å². The lowest BCUT2D eigenvalue weighted by atomic mass is 10.3. The number of aliphatic hydroxyl groups is 3. The Labute approximate surface area is 76.3 Å². The lowest BCUT2D eigenvalue weighted by Gasteiger charge is -2.20. The van der Waals surface area contributed by atoms with Crippen LogP contribution in [0.3, 0.4) is 0 Å². The van der Waals surface area contributed by atoms with Gasteiger partial charge in [0.25, 0.3) is 0 Å². The highest BCUT2D eigenvalue weighted by molar-refractivity contribution is 5.67. The first-order valence-corrected chi connectivity index (χ1v) is 3.97. The fourth-order valence-electron chi connectivity index (χ4n) is 0.627. The molecule has 0 aromatic rings. The Kier molecular flexibility index (Phi) is 6.21. The Morgan fingerprint density at radius 3 is 2.23 bits per heavy atom. The molecule has 1 atom stereocenters. The second kappa shape index (κ2) is 6.64. The molecule has 0 aromatic heterocycles. The molecule has 0 aliphatic carbocycles. The van der Waals surface area contributed by atoms with E-state index in [4.69, 9.17) is 20.1 Å². The number of carbonyl (C=O) groups is 1. The summed E-state index contributed by atoms with van der Waals surface area (Å²) in [5, 5.41) is 25.8. The van der Waals surface area contributed by atoms with Gasteiger partial charge >= 0.3 is 6.09 Å². The van der Waals surface area contributed by atoms with E-state index >= 15 is 0 Å². The second-order valence-electron chi connectivity index (χ2n) is 2.42. The van der Waals surface area contributed by atoms with Crippen LogP contribution in [-0.2, 0) is 4.74 Å². The van der Waals surface area contributed by atoms with Gasteiger partial charge in [-0.2, -0.15) is 0 Å². The van der Waals surface area contributed by atoms with Gasteiger partial charge < -0.3 is 20.1 Å². The van der Waals surface area contributed by atoms with Crippen LogP contribution in [0.15, 0.2) is 0 Å². The van der Waals surface area contributed by atoms with Gasteiger partial charge in [0.15, 0.2) is 0 Å². The zero-order valence-electron chi connectivity index (χ0n) is 7.51. The fraction of sp³-hybridized carbons (Fsp3) is 0.857. The van der Waals surface area contributed by atoms with E-state index in [0.717, 1.165) is 0 Å². The zero-order chi connectivity index (χ0) is 10.3. The Morgan fingerprint density at radius 2 is 1.92 bits per heavy atom. The summed E-state index contributed by atoms with van der Waals surface area (Å²) in [5.74, 6) is 0. The number of amides is 1. The molecule has 78 valence electrons. The van der Waals surface area contributed by atoms with E-state index in [1.165, 1.54) is 0 Å². The van der Waals surface area contributed by atoms with Crippen molar-refractivity contribution < 1.29 is 24.9 Å². The largest absolute Gasteiger partial charge is 0.444 e. The number of hydrogen-bond acceptors (Lipinski definition) is 5. The van der Waals surface area contributed by atoms with Crippen molar-refractivity contribution in [1.82, 2.24) is 4.90 Å². The average molecular weight is 193 g/mol. The summed E-state index contributed by atoms with van der Waals surface area (Å²) in [6, 6.07) is 0. The molecule has 13 heavy (non-hydrogen) atoms. The van der Waals surface area contributed by atoms with Crippen molar-refractivity contribution in [3.8, 4) is 0 Å². The zero-order valence-corrected chi connectivity index (χ0v) is 7.51. The molecule has 0 spiro atoms. The second-order valence-corrected chi connectivity index (χ2v) is 2.42. The van der Waals surface area contributed by atoms with Gasteiger partial charge in [-0.15, -0.1) is 0 Å². The summed E-state index contributed by atoms with van der Waals surface area (Å²) in [4.78, 5) is 11.7. The minimum atomic E-state index is -0.842. The van der Waals surface area contributed by atoms with Gasteiger partial charge in [0.05, 0.1) is 6.61 Å². The molecule has 0 saturated heterocycles. The van der Waals surface area contributed by atoms with Crippen LogP contribution in [0, 0.1) is 0 Å². The molecule has 0 radical (unpaired) electrons. The summed E-state index contributed by atoms with van der Waals surface area (Å²) in [6.07, 6.45) is -0.952. The third-order valence-electron chi connectivity index (χ3n) is 1.53. The van der Waals surface area contributed by atoms with E-state index in [2.05, 4.69) is 0 Å². The van der Waals surface area contributed by atoms with Gasteiger partial charge in [-0.3, -0.25) is 4.90 Å². The SMILES string of the molecule is CCC(CO)OC(=O)N(CO)CO. The maximum absolute atomic E-state index is 11.0. The highest BCUT2D eigenvalue weighted by Gasteiger charge is 2.16. The van der Waals surface area contributed by atoms with Crippen molar-refractivity contribution in [1.29, 1.82) is 0 Å². The van der Waals surface area contributed by atoms with Crippen molar-refractivity contribution in [3.05, 3.63) is 0 Å². The van der Waals surface area contributed by atoms with Crippen LogP contribution in [-0.4, -0.2) is 52.5 Å². The van der Waals surface area contributed by atoms with Gasteiger partial charge in [0.2, 0.25) is 0 Å². The van der Waals surface area contributed by atoms with Gasteiger partial charge in [0, 0.05) is 0 Å². The minimum absolute atomic E-state index is 0.271. The third-order valence-corrected chi connectivity index (χ3v) is 1.53. The summed E-state index contributed by atoms with van der Waals surface area (Å²) in [7, 11) is 0. The first-order chi connectivity index (χ1) is 6.19. The molecule has 0 aliphatic rings. The molecule has 6 nitrogen and oxygen atoms in total. The Morgan fingerprint density at radius 1 is 1.38 bits per heavy atom. The van der Waals surface area contributed by atoms with Crippen molar-refractivity contribution in [2.24, 2.45) is 0 Å². The fourth-order valence-corrected chi connectivity index (χ4v) is 0.627.